The minimum absolute atomic E-state index is 0.160. The first-order valence-corrected chi connectivity index (χ1v) is 2.63. The molecule has 0 aliphatic carbocycles. The lowest BCUT2D eigenvalue weighted by atomic mass is 10.4. The fourth-order valence-corrected chi connectivity index (χ4v) is 0.615. The molecule has 0 spiro atoms. The second-order valence-corrected chi connectivity index (χ2v) is 1.74. The van der Waals surface area contributed by atoms with E-state index in [4.69, 9.17) is 6.42 Å². The van der Waals surface area contributed by atoms with Crippen LogP contribution in [0.3, 0.4) is 0 Å². The minimum atomic E-state index is -4.52. The van der Waals surface area contributed by atoms with Crippen LogP contribution in [0.2, 0.25) is 0 Å². The highest BCUT2D eigenvalue weighted by molar-refractivity contribution is 5.23. The van der Waals surface area contributed by atoms with Crippen LogP contribution in [0.5, 0.6) is 0 Å². The lowest BCUT2D eigenvalue weighted by molar-refractivity contribution is -0.212. The Balaban J connectivity index is 3.15. The Morgan fingerprint density at radius 3 is 2.55 bits per heavy atom. The molecule has 1 aromatic rings. The summed E-state index contributed by atoms with van der Waals surface area (Å²) in [5, 5.41) is 3.01. The van der Waals surface area contributed by atoms with Crippen molar-refractivity contribution in [3.8, 4) is 12.3 Å². The fraction of sp³-hybridized carbons (Fsp3) is 0.167. The number of alkyl halides is 3. The van der Waals surface area contributed by atoms with Crippen molar-refractivity contribution in [1.82, 2.24) is 9.78 Å². The van der Waals surface area contributed by atoms with Crippen molar-refractivity contribution < 1.29 is 13.2 Å². The van der Waals surface area contributed by atoms with Gasteiger partial charge in [-0.15, -0.1) is 19.6 Å². The summed E-state index contributed by atoms with van der Waals surface area (Å²) in [4.78, 5) is 0. The Bertz CT molecular complexity index is 292. The van der Waals surface area contributed by atoms with Gasteiger partial charge < -0.3 is 0 Å². The number of terminal acetylenes is 1. The van der Waals surface area contributed by atoms with Crippen molar-refractivity contribution in [1.29, 1.82) is 0 Å². The van der Waals surface area contributed by atoms with Gasteiger partial charge in [-0.3, -0.25) is 0 Å². The summed E-state index contributed by atoms with van der Waals surface area (Å²) in [5.41, 5.74) is -0.294. The summed E-state index contributed by atoms with van der Waals surface area (Å²) in [5.74, 6) is 1.86. The highest BCUT2D eigenvalue weighted by Crippen LogP contribution is 2.22. The van der Waals surface area contributed by atoms with E-state index in [0.29, 0.717) is 0 Å². The molecule has 1 heterocycles. The normalized spacial score (nSPS) is 11.1. The van der Waals surface area contributed by atoms with Gasteiger partial charge in [-0.25, -0.2) is 0 Å². The van der Waals surface area contributed by atoms with Crippen molar-refractivity contribution in [2.45, 2.75) is 6.30 Å². The topological polar surface area (TPSA) is 17.8 Å². The van der Waals surface area contributed by atoms with Gasteiger partial charge in [0, 0.05) is 0 Å². The molecule has 0 unspecified atom stereocenters. The van der Waals surface area contributed by atoms with Gasteiger partial charge in [0.15, 0.2) is 0 Å². The molecule has 0 radical (unpaired) electrons. The van der Waals surface area contributed by atoms with Gasteiger partial charge in [-0.2, -0.15) is 9.78 Å². The van der Waals surface area contributed by atoms with Crippen molar-refractivity contribution in [3.63, 3.8) is 0 Å². The molecule has 5 heteroatoms. The van der Waals surface area contributed by atoms with Crippen LogP contribution in [-0.2, 0) is 6.30 Å². The zero-order valence-electron chi connectivity index (χ0n) is 5.26. The third kappa shape index (κ3) is 1.34. The molecule has 0 aliphatic heterocycles. The number of nitrogens with zero attached hydrogens (tertiary/aromatic N) is 2. The molecule has 0 saturated heterocycles. The second kappa shape index (κ2) is 2.31. The van der Waals surface area contributed by atoms with Gasteiger partial charge in [0.2, 0.25) is 0 Å². The molecule has 0 bridgehead atoms. The van der Waals surface area contributed by atoms with E-state index in [1.807, 2.05) is 5.92 Å². The third-order valence-electron chi connectivity index (χ3n) is 1.03. The Hall–Kier alpha value is -1.44. The summed E-state index contributed by atoms with van der Waals surface area (Å²) in [7, 11) is 0. The average molecular weight is 160 g/mol. The second-order valence-electron chi connectivity index (χ2n) is 1.74. The summed E-state index contributed by atoms with van der Waals surface area (Å²) in [6.45, 7) is 0. The maximum absolute atomic E-state index is 11.9. The van der Waals surface area contributed by atoms with E-state index in [0.717, 1.165) is 12.3 Å². The van der Waals surface area contributed by atoms with Crippen LogP contribution in [0.25, 0.3) is 0 Å². The molecule has 0 N–H and O–H groups in total. The van der Waals surface area contributed by atoms with Gasteiger partial charge in [-0.05, 0) is 6.07 Å². The molecule has 11 heavy (non-hydrogen) atoms. The number of halogens is 3. The lowest BCUT2D eigenvalue weighted by Crippen LogP contribution is -2.19. The number of hydrogen-bond acceptors (Lipinski definition) is 1. The van der Waals surface area contributed by atoms with Gasteiger partial charge in [0.25, 0.3) is 0 Å². The standard InChI is InChI=1S/C6H3F3N2/c1-2-5-3-4-10-11(5)6(7,8)9/h1,3-4H. The van der Waals surface area contributed by atoms with E-state index < -0.39 is 6.30 Å². The highest BCUT2D eigenvalue weighted by Gasteiger charge is 2.33. The SMILES string of the molecule is C#Cc1ccnn1C(F)(F)F. The first kappa shape index (κ1) is 7.66. The maximum atomic E-state index is 11.9. The van der Waals surface area contributed by atoms with Gasteiger partial charge >= 0.3 is 6.30 Å². The fourth-order valence-electron chi connectivity index (χ4n) is 0.615. The van der Waals surface area contributed by atoms with Crippen LogP contribution in [0, 0.1) is 12.3 Å². The molecule has 58 valence electrons. The highest BCUT2D eigenvalue weighted by atomic mass is 19.4. The zero-order chi connectivity index (χ0) is 8.48. The van der Waals surface area contributed by atoms with Crippen LogP contribution in [0.4, 0.5) is 13.2 Å². The molecule has 1 aromatic heterocycles. The molecule has 0 amide bonds. The molecule has 0 fully saturated rings. The summed E-state index contributed by atoms with van der Waals surface area (Å²) >= 11 is 0. The molecule has 0 saturated carbocycles. The first-order chi connectivity index (χ1) is 5.05. The quantitative estimate of drug-likeness (QED) is 0.523. The van der Waals surface area contributed by atoms with E-state index in [2.05, 4.69) is 5.10 Å². The van der Waals surface area contributed by atoms with Crippen LogP contribution in [0.15, 0.2) is 12.3 Å². The van der Waals surface area contributed by atoms with Crippen molar-refractivity contribution >= 4 is 0 Å². The predicted molar refractivity (Wildman–Crippen MR) is 31.5 cm³/mol. The Labute approximate surface area is 60.6 Å². The van der Waals surface area contributed by atoms with Crippen LogP contribution in [0.1, 0.15) is 5.69 Å². The predicted octanol–water partition coefficient (Wildman–Crippen LogP) is 1.34. The number of rotatable bonds is 0. The van der Waals surface area contributed by atoms with E-state index in [9.17, 15) is 13.2 Å². The average Bonchev–Trinajstić information content (AvgIpc) is 2.31. The summed E-state index contributed by atoms with van der Waals surface area (Å²) in [6, 6.07) is 1.12. The van der Waals surface area contributed by atoms with Crippen molar-refractivity contribution in [2.24, 2.45) is 0 Å². The van der Waals surface area contributed by atoms with E-state index in [1.165, 1.54) is 0 Å². The van der Waals surface area contributed by atoms with E-state index in [-0.39, 0.29) is 10.4 Å². The molecule has 0 aliphatic rings. The number of hydrogen-bond donors (Lipinski definition) is 0. The first-order valence-electron chi connectivity index (χ1n) is 2.63. The maximum Gasteiger partial charge on any atom is 0.505 e. The molecule has 0 atom stereocenters. The molecular weight excluding hydrogens is 157 g/mol. The monoisotopic (exact) mass is 160 g/mol. The van der Waals surface area contributed by atoms with Gasteiger partial charge in [-0.1, -0.05) is 5.92 Å². The molecule has 0 aromatic carbocycles. The smallest absolute Gasteiger partial charge is 0.173 e. The van der Waals surface area contributed by atoms with Gasteiger partial charge in [0.05, 0.1) is 6.20 Å². The molecule has 1 rings (SSSR count). The Kier molecular flexibility index (Phi) is 1.61. The lowest BCUT2D eigenvalue weighted by Gasteiger charge is -2.05. The largest absolute Gasteiger partial charge is 0.505 e. The summed E-state index contributed by atoms with van der Waals surface area (Å²) in [6.07, 6.45) is 1.26. The van der Waals surface area contributed by atoms with Gasteiger partial charge in [0.1, 0.15) is 5.69 Å². The molecule has 2 nitrogen and oxygen atoms in total. The molecular formula is C6H3F3N2. The van der Waals surface area contributed by atoms with Crippen molar-refractivity contribution in [3.05, 3.63) is 18.0 Å². The minimum Gasteiger partial charge on any atom is -0.173 e. The Morgan fingerprint density at radius 1 is 1.55 bits per heavy atom. The third-order valence-corrected chi connectivity index (χ3v) is 1.03. The number of aromatic nitrogens is 2. The zero-order valence-corrected chi connectivity index (χ0v) is 5.26. The summed E-state index contributed by atoms with van der Waals surface area (Å²) < 4.78 is 35.5. The van der Waals surface area contributed by atoms with Crippen LogP contribution >= 0.6 is 0 Å². The Morgan fingerprint density at radius 2 is 2.18 bits per heavy atom. The van der Waals surface area contributed by atoms with Crippen LogP contribution in [-0.4, -0.2) is 9.78 Å². The van der Waals surface area contributed by atoms with Crippen molar-refractivity contribution in [2.75, 3.05) is 0 Å². The van der Waals surface area contributed by atoms with Crippen LogP contribution < -0.4 is 0 Å². The van der Waals surface area contributed by atoms with E-state index in [1.54, 1.807) is 0 Å². The van der Waals surface area contributed by atoms with E-state index >= 15 is 0 Å².